The molecule has 0 aliphatic heterocycles. The highest BCUT2D eigenvalue weighted by Gasteiger charge is 2.09. The van der Waals surface area contributed by atoms with Crippen LogP contribution in [0.2, 0.25) is 5.02 Å². The van der Waals surface area contributed by atoms with Crippen molar-refractivity contribution in [1.29, 1.82) is 0 Å². The lowest BCUT2D eigenvalue weighted by Gasteiger charge is -2.04. The number of benzene rings is 2. The van der Waals surface area contributed by atoms with Crippen LogP contribution in [0.1, 0.15) is 21.5 Å². The number of ketones is 1. The lowest BCUT2D eigenvalue weighted by Crippen LogP contribution is -2.01. The predicted octanol–water partition coefficient (Wildman–Crippen LogP) is 3.46. The summed E-state index contributed by atoms with van der Waals surface area (Å²) in [5.74, 6) is -0.0492. The van der Waals surface area contributed by atoms with Gasteiger partial charge in [-0.1, -0.05) is 41.4 Å². The Morgan fingerprint density at radius 2 is 1.65 bits per heavy atom. The second-order valence-corrected chi connectivity index (χ2v) is 4.34. The van der Waals surface area contributed by atoms with E-state index in [1.54, 1.807) is 18.2 Å². The van der Waals surface area contributed by atoms with Crippen molar-refractivity contribution in [2.24, 2.45) is 0 Å². The van der Waals surface area contributed by atoms with Gasteiger partial charge in [0, 0.05) is 11.1 Å². The summed E-state index contributed by atoms with van der Waals surface area (Å²) in [5.41, 5.74) is 8.40. The topological polar surface area (TPSA) is 43.1 Å². The van der Waals surface area contributed by atoms with E-state index in [0.717, 1.165) is 5.56 Å². The van der Waals surface area contributed by atoms with Gasteiger partial charge >= 0.3 is 0 Å². The molecule has 0 saturated heterocycles. The van der Waals surface area contributed by atoms with E-state index in [2.05, 4.69) is 0 Å². The van der Waals surface area contributed by atoms with Crippen LogP contribution in [-0.4, -0.2) is 5.78 Å². The Labute approximate surface area is 105 Å². The molecule has 0 unspecified atom stereocenters. The molecule has 2 aromatic carbocycles. The van der Waals surface area contributed by atoms with E-state index >= 15 is 0 Å². The first kappa shape index (κ1) is 11.7. The molecule has 0 heterocycles. The standard InChI is InChI=1S/C14H12ClNO/c1-9-2-4-10(5-3-9)14(17)11-6-7-13(16)12(15)8-11/h2-8H,16H2,1H3. The second-order valence-electron chi connectivity index (χ2n) is 3.93. The second kappa shape index (κ2) is 4.60. The number of nitrogens with two attached hydrogens (primary N) is 1. The molecule has 0 amide bonds. The normalized spacial score (nSPS) is 10.2. The van der Waals surface area contributed by atoms with Gasteiger partial charge in [-0.2, -0.15) is 0 Å². The van der Waals surface area contributed by atoms with Gasteiger partial charge in [0.15, 0.2) is 5.78 Å². The number of nitrogen functional groups attached to an aromatic ring is 1. The van der Waals surface area contributed by atoms with Crippen molar-refractivity contribution in [3.8, 4) is 0 Å². The monoisotopic (exact) mass is 245 g/mol. The molecule has 17 heavy (non-hydrogen) atoms. The fourth-order valence-corrected chi connectivity index (χ4v) is 1.72. The average molecular weight is 246 g/mol. The Bertz CT molecular complexity index is 561. The maximum Gasteiger partial charge on any atom is 0.193 e. The van der Waals surface area contributed by atoms with Gasteiger partial charge in [0.1, 0.15) is 0 Å². The molecule has 0 bridgehead atoms. The number of halogens is 1. The van der Waals surface area contributed by atoms with Crippen LogP contribution < -0.4 is 5.73 Å². The molecule has 0 atom stereocenters. The van der Waals surface area contributed by atoms with E-state index in [-0.39, 0.29) is 5.78 Å². The summed E-state index contributed by atoms with van der Waals surface area (Å²) in [6.07, 6.45) is 0. The van der Waals surface area contributed by atoms with Crippen molar-refractivity contribution in [3.05, 3.63) is 64.2 Å². The molecule has 0 aliphatic carbocycles. The first-order chi connectivity index (χ1) is 8.08. The Morgan fingerprint density at radius 1 is 1.06 bits per heavy atom. The van der Waals surface area contributed by atoms with E-state index in [4.69, 9.17) is 17.3 Å². The number of rotatable bonds is 2. The fourth-order valence-electron chi connectivity index (χ4n) is 1.54. The zero-order valence-electron chi connectivity index (χ0n) is 9.41. The number of carbonyl (C=O) groups is 1. The van der Waals surface area contributed by atoms with Crippen LogP contribution in [-0.2, 0) is 0 Å². The Kier molecular flexibility index (Phi) is 3.16. The number of anilines is 1. The van der Waals surface area contributed by atoms with Crippen LogP contribution >= 0.6 is 11.6 Å². The molecule has 2 nitrogen and oxygen atoms in total. The molecular weight excluding hydrogens is 234 g/mol. The molecular formula is C14H12ClNO. The molecule has 2 aromatic rings. The largest absolute Gasteiger partial charge is 0.398 e. The molecule has 0 aromatic heterocycles. The van der Waals surface area contributed by atoms with E-state index in [1.807, 2.05) is 31.2 Å². The molecule has 0 aliphatic rings. The quantitative estimate of drug-likeness (QED) is 0.650. The minimum Gasteiger partial charge on any atom is -0.398 e. The highest BCUT2D eigenvalue weighted by Crippen LogP contribution is 2.21. The third-order valence-electron chi connectivity index (χ3n) is 2.58. The van der Waals surface area contributed by atoms with Crippen molar-refractivity contribution >= 4 is 23.1 Å². The van der Waals surface area contributed by atoms with Crippen molar-refractivity contribution in [1.82, 2.24) is 0 Å². The van der Waals surface area contributed by atoms with Crippen LogP contribution in [0.3, 0.4) is 0 Å². The van der Waals surface area contributed by atoms with Gasteiger partial charge in [0.2, 0.25) is 0 Å². The summed E-state index contributed by atoms with van der Waals surface area (Å²) < 4.78 is 0. The highest BCUT2D eigenvalue weighted by molar-refractivity contribution is 6.33. The van der Waals surface area contributed by atoms with Gasteiger partial charge in [0.25, 0.3) is 0 Å². The lowest BCUT2D eigenvalue weighted by molar-refractivity contribution is 0.103. The smallest absolute Gasteiger partial charge is 0.193 e. The summed E-state index contributed by atoms with van der Waals surface area (Å²) in [5, 5.41) is 0.406. The molecule has 3 heteroatoms. The molecule has 0 radical (unpaired) electrons. The van der Waals surface area contributed by atoms with Crippen molar-refractivity contribution in [2.75, 3.05) is 5.73 Å². The van der Waals surface area contributed by atoms with Gasteiger partial charge < -0.3 is 5.73 Å². The minimum absolute atomic E-state index is 0.0492. The highest BCUT2D eigenvalue weighted by atomic mass is 35.5. The maximum atomic E-state index is 12.1. The number of aryl methyl sites for hydroxylation is 1. The van der Waals surface area contributed by atoms with Crippen LogP contribution in [0.5, 0.6) is 0 Å². The summed E-state index contributed by atoms with van der Waals surface area (Å²) in [6, 6.07) is 12.4. The SMILES string of the molecule is Cc1ccc(C(=O)c2ccc(N)c(Cl)c2)cc1. The van der Waals surface area contributed by atoms with E-state index in [1.165, 1.54) is 0 Å². The third-order valence-corrected chi connectivity index (χ3v) is 2.90. The molecule has 0 fully saturated rings. The van der Waals surface area contributed by atoms with Crippen LogP contribution in [0, 0.1) is 6.92 Å². The lowest BCUT2D eigenvalue weighted by atomic mass is 10.0. The third kappa shape index (κ3) is 2.48. The molecule has 86 valence electrons. The van der Waals surface area contributed by atoms with Crippen LogP contribution in [0.4, 0.5) is 5.69 Å². The van der Waals surface area contributed by atoms with E-state index in [9.17, 15) is 4.79 Å². The van der Waals surface area contributed by atoms with Gasteiger partial charge in [-0.25, -0.2) is 0 Å². The Balaban J connectivity index is 2.37. The molecule has 2 N–H and O–H groups in total. The van der Waals surface area contributed by atoms with Crippen molar-refractivity contribution in [3.63, 3.8) is 0 Å². The summed E-state index contributed by atoms with van der Waals surface area (Å²) in [6.45, 7) is 1.98. The van der Waals surface area contributed by atoms with Gasteiger partial charge in [-0.05, 0) is 25.1 Å². The molecule has 0 saturated carbocycles. The first-order valence-electron chi connectivity index (χ1n) is 5.24. The van der Waals surface area contributed by atoms with Crippen LogP contribution in [0.25, 0.3) is 0 Å². The first-order valence-corrected chi connectivity index (χ1v) is 5.62. The number of carbonyl (C=O) groups excluding carboxylic acids is 1. The van der Waals surface area contributed by atoms with Gasteiger partial charge in [-0.3, -0.25) is 4.79 Å². The zero-order valence-corrected chi connectivity index (χ0v) is 10.2. The summed E-state index contributed by atoms with van der Waals surface area (Å²) >= 11 is 5.89. The van der Waals surface area contributed by atoms with Gasteiger partial charge in [-0.15, -0.1) is 0 Å². The van der Waals surface area contributed by atoms with Crippen molar-refractivity contribution in [2.45, 2.75) is 6.92 Å². The summed E-state index contributed by atoms with van der Waals surface area (Å²) in [7, 11) is 0. The average Bonchev–Trinajstić information content (AvgIpc) is 2.33. The minimum atomic E-state index is -0.0492. The van der Waals surface area contributed by atoms with Crippen LogP contribution in [0.15, 0.2) is 42.5 Å². The number of hydrogen-bond donors (Lipinski definition) is 1. The van der Waals surface area contributed by atoms with E-state index < -0.39 is 0 Å². The summed E-state index contributed by atoms with van der Waals surface area (Å²) in [4.78, 5) is 12.1. The molecule has 2 rings (SSSR count). The Morgan fingerprint density at radius 3 is 2.24 bits per heavy atom. The maximum absolute atomic E-state index is 12.1. The fraction of sp³-hybridized carbons (Fsp3) is 0.0714. The molecule has 0 spiro atoms. The number of hydrogen-bond acceptors (Lipinski definition) is 2. The predicted molar refractivity (Wildman–Crippen MR) is 70.5 cm³/mol. The van der Waals surface area contributed by atoms with Gasteiger partial charge in [0.05, 0.1) is 10.7 Å². The van der Waals surface area contributed by atoms with E-state index in [0.29, 0.717) is 21.8 Å². The zero-order chi connectivity index (χ0) is 12.4. The Hall–Kier alpha value is -1.80. The van der Waals surface area contributed by atoms with Crippen molar-refractivity contribution < 1.29 is 4.79 Å².